The maximum Gasteiger partial charge on any atom is 0.270 e. The van der Waals surface area contributed by atoms with Crippen molar-refractivity contribution in [3.8, 4) is 0 Å². The minimum atomic E-state index is 0.0884. The van der Waals surface area contributed by atoms with E-state index < -0.39 is 0 Å². The minimum Gasteiger partial charge on any atom is -0.347 e. The van der Waals surface area contributed by atoms with Crippen molar-refractivity contribution in [3.05, 3.63) is 24.0 Å². The number of hydrogen-bond acceptors (Lipinski definition) is 2. The standard InChI is InChI=1S/C10H15N3O/c1-12-5-2-3-9(12)10(14)13-6-4-8(11)7-13/h2-3,5,8H,4,6-7,11H2,1H3/t8-/m0/s1. The first-order chi connectivity index (χ1) is 6.68. The molecule has 1 aliphatic rings. The number of nitrogens with zero attached hydrogens (tertiary/aromatic N) is 2. The molecule has 1 atom stereocenters. The Labute approximate surface area is 83.3 Å². The van der Waals surface area contributed by atoms with Crippen molar-refractivity contribution in [2.45, 2.75) is 12.5 Å². The molecule has 2 heterocycles. The second kappa shape index (κ2) is 3.46. The lowest BCUT2D eigenvalue weighted by atomic mass is 10.3. The molecule has 4 nitrogen and oxygen atoms in total. The van der Waals surface area contributed by atoms with Crippen molar-refractivity contribution in [2.75, 3.05) is 13.1 Å². The Morgan fingerprint density at radius 2 is 2.43 bits per heavy atom. The lowest BCUT2D eigenvalue weighted by molar-refractivity contribution is 0.0781. The van der Waals surface area contributed by atoms with Crippen LogP contribution in [0.5, 0.6) is 0 Å². The summed E-state index contributed by atoms with van der Waals surface area (Å²) in [5.74, 6) is 0.0884. The van der Waals surface area contributed by atoms with Gasteiger partial charge in [-0.05, 0) is 18.6 Å². The molecule has 1 saturated heterocycles. The van der Waals surface area contributed by atoms with E-state index in [1.165, 1.54) is 0 Å². The Morgan fingerprint density at radius 1 is 1.64 bits per heavy atom. The van der Waals surface area contributed by atoms with E-state index in [2.05, 4.69) is 0 Å². The Kier molecular flexibility index (Phi) is 2.29. The second-order valence-corrected chi connectivity index (χ2v) is 3.80. The van der Waals surface area contributed by atoms with E-state index in [1.54, 1.807) is 0 Å². The number of rotatable bonds is 1. The van der Waals surface area contributed by atoms with Crippen LogP contribution in [0.25, 0.3) is 0 Å². The molecule has 1 aromatic heterocycles. The quantitative estimate of drug-likeness (QED) is 0.692. The van der Waals surface area contributed by atoms with E-state index in [9.17, 15) is 4.79 Å². The molecular formula is C10H15N3O. The summed E-state index contributed by atoms with van der Waals surface area (Å²) in [6.45, 7) is 1.47. The zero-order valence-corrected chi connectivity index (χ0v) is 8.31. The van der Waals surface area contributed by atoms with Gasteiger partial charge in [-0.3, -0.25) is 4.79 Å². The van der Waals surface area contributed by atoms with Crippen LogP contribution in [0.4, 0.5) is 0 Å². The number of amides is 1. The van der Waals surface area contributed by atoms with Crippen LogP contribution in [-0.2, 0) is 7.05 Å². The van der Waals surface area contributed by atoms with Crippen LogP contribution in [0.1, 0.15) is 16.9 Å². The molecule has 1 fully saturated rings. The van der Waals surface area contributed by atoms with E-state index in [0.29, 0.717) is 6.54 Å². The molecular weight excluding hydrogens is 178 g/mol. The molecule has 76 valence electrons. The van der Waals surface area contributed by atoms with E-state index in [1.807, 2.05) is 34.8 Å². The van der Waals surface area contributed by atoms with Gasteiger partial charge in [-0.25, -0.2) is 0 Å². The van der Waals surface area contributed by atoms with Crippen molar-refractivity contribution in [2.24, 2.45) is 12.8 Å². The average molecular weight is 193 g/mol. The summed E-state index contributed by atoms with van der Waals surface area (Å²) in [7, 11) is 1.88. The zero-order chi connectivity index (χ0) is 10.1. The molecule has 0 unspecified atom stereocenters. The molecule has 0 aromatic carbocycles. The molecule has 1 aliphatic heterocycles. The van der Waals surface area contributed by atoms with Crippen LogP contribution in [0.2, 0.25) is 0 Å². The van der Waals surface area contributed by atoms with Gasteiger partial charge in [0.05, 0.1) is 0 Å². The summed E-state index contributed by atoms with van der Waals surface area (Å²) >= 11 is 0. The summed E-state index contributed by atoms with van der Waals surface area (Å²) in [6.07, 6.45) is 2.79. The molecule has 0 spiro atoms. The van der Waals surface area contributed by atoms with Crippen molar-refractivity contribution in [3.63, 3.8) is 0 Å². The molecule has 1 aromatic rings. The maximum absolute atomic E-state index is 11.9. The van der Waals surface area contributed by atoms with Gasteiger partial charge >= 0.3 is 0 Å². The molecule has 0 saturated carbocycles. The summed E-state index contributed by atoms with van der Waals surface area (Å²) in [5.41, 5.74) is 6.49. The average Bonchev–Trinajstić information content (AvgIpc) is 2.73. The maximum atomic E-state index is 11.9. The summed E-state index contributed by atoms with van der Waals surface area (Å²) < 4.78 is 1.84. The second-order valence-electron chi connectivity index (χ2n) is 3.80. The fraction of sp³-hybridized carbons (Fsp3) is 0.500. The van der Waals surface area contributed by atoms with Gasteiger partial charge in [0.1, 0.15) is 5.69 Å². The van der Waals surface area contributed by atoms with Gasteiger partial charge in [0.2, 0.25) is 0 Å². The fourth-order valence-electron chi connectivity index (χ4n) is 1.82. The van der Waals surface area contributed by atoms with Gasteiger partial charge in [0, 0.05) is 32.4 Å². The Bertz CT molecular complexity index is 345. The van der Waals surface area contributed by atoms with Crippen LogP contribution < -0.4 is 5.73 Å². The van der Waals surface area contributed by atoms with E-state index in [4.69, 9.17) is 5.73 Å². The molecule has 1 amide bonds. The zero-order valence-electron chi connectivity index (χ0n) is 8.31. The fourth-order valence-corrected chi connectivity index (χ4v) is 1.82. The van der Waals surface area contributed by atoms with Gasteiger partial charge < -0.3 is 15.2 Å². The van der Waals surface area contributed by atoms with Crippen LogP contribution in [-0.4, -0.2) is 34.5 Å². The molecule has 4 heteroatoms. The molecule has 0 aliphatic carbocycles. The third-order valence-corrected chi connectivity index (χ3v) is 2.67. The van der Waals surface area contributed by atoms with Gasteiger partial charge in [-0.2, -0.15) is 0 Å². The van der Waals surface area contributed by atoms with Crippen LogP contribution in [0.3, 0.4) is 0 Å². The Hall–Kier alpha value is -1.29. The van der Waals surface area contributed by atoms with Crippen LogP contribution >= 0.6 is 0 Å². The smallest absolute Gasteiger partial charge is 0.270 e. The predicted octanol–water partition coefficient (Wildman–Crippen LogP) is 0.198. The minimum absolute atomic E-state index is 0.0884. The molecule has 0 radical (unpaired) electrons. The van der Waals surface area contributed by atoms with Gasteiger partial charge in [-0.15, -0.1) is 0 Å². The van der Waals surface area contributed by atoms with Gasteiger partial charge in [-0.1, -0.05) is 0 Å². The lowest BCUT2D eigenvalue weighted by Gasteiger charge is -2.15. The van der Waals surface area contributed by atoms with Crippen molar-refractivity contribution >= 4 is 5.91 Å². The topological polar surface area (TPSA) is 51.3 Å². The third kappa shape index (κ3) is 1.53. The highest BCUT2D eigenvalue weighted by Gasteiger charge is 2.25. The van der Waals surface area contributed by atoms with E-state index in [-0.39, 0.29) is 11.9 Å². The highest BCUT2D eigenvalue weighted by molar-refractivity contribution is 5.93. The molecule has 14 heavy (non-hydrogen) atoms. The van der Waals surface area contributed by atoms with Crippen molar-refractivity contribution < 1.29 is 4.79 Å². The monoisotopic (exact) mass is 193 g/mol. The van der Waals surface area contributed by atoms with Crippen LogP contribution in [0, 0.1) is 0 Å². The number of aryl methyl sites for hydroxylation is 1. The SMILES string of the molecule is Cn1cccc1C(=O)N1CC[C@H](N)C1. The van der Waals surface area contributed by atoms with Gasteiger partial charge in [0.15, 0.2) is 0 Å². The van der Waals surface area contributed by atoms with E-state index >= 15 is 0 Å². The van der Waals surface area contributed by atoms with E-state index in [0.717, 1.165) is 18.7 Å². The number of carbonyl (C=O) groups excluding carboxylic acids is 1. The normalized spacial score (nSPS) is 21.6. The molecule has 2 N–H and O–H groups in total. The van der Waals surface area contributed by atoms with Gasteiger partial charge in [0.25, 0.3) is 5.91 Å². The Balaban J connectivity index is 2.13. The molecule has 0 bridgehead atoms. The number of carbonyl (C=O) groups is 1. The molecule has 2 rings (SSSR count). The first kappa shape index (κ1) is 9.27. The summed E-state index contributed by atoms with van der Waals surface area (Å²) in [6, 6.07) is 3.87. The summed E-state index contributed by atoms with van der Waals surface area (Å²) in [5, 5.41) is 0. The van der Waals surface area contributed by atoms with Crippen molar-refractivity contribution in [1.82, 2.24) is 9.47 Å². The number of hydrogen-bond donors (Lipinski definition) is 1. The number of likely N-dealkylation sites (tertiary alicyclic amines) is 1. The highest BCUT2D eigenvalue weighted by Crippen LogP contribution is 2.12. The first-order valence-electron chi connectivity index (χ1n) is 4.84. The lowest BCUT2D eigenvalue weighted by Crippen LogP contribution is -2.32. The van der Waals surface area contributed by atoms with Crippen LogP contribution in [0.15, 0.2) is 18.3 Å². The summed E-state index contributed by atoms with van der Waals surface area (Å²) in [4.78, 5) is 13.7. The predicted molar refractivity (Wildman–Crippen MR) is 53.9 cm³/mol. The third-order valence-electron chi connectivity index (χ3n) is 2.67. The number of aromatic nitrogens is 1. The van der Waals surface area contributed by atoms with Crippen molar-refractivity contribution in [1.29, 1.82) is 0 Å². The highest BCUT2D eigenvalue weighted by atomic mass is 16.2. The first-order valence-corrected chi connectivity index (χ1v) is 4.84. The Morgan fingerprint density at radius 3 is 2.93 bits per heavy atom. The number of nitrogens with two attached hydrogens (primary N) is 1. The largest absolute Gasteiger partial charge is 0.347 e.